The van der Waals surface area contributed by atoms with Crippen LogP contribution >= 0.6 is 11.6 Å². The number of nitrogens with two attached hydrogens (primary N) is 1. The van der Waals surface area contributed by atoms with Crippen LogP contribution in [0.2, 0.25) is 5.02 Å². The summed E-state index contributed by atoms with van der Waals surface area (Å²) in [4.78, 5) is 11.3. The molecule has 2 N–H and O–H groups in total. The zero-order valence-corrected chi connectivity index (χ0v) is 12.4. The molecule has 1 fully saturated rings. The molecule has 20 heavy (non-hydrogen) atoms. The topological polar surface area (TPSA) is 89.7 Å². The van der Waals surface area contributed by atoms with E-state index in [0.717, 1.165) is 4.31 Å². The third-order valence-electron chi connectivity index (χ3n) is 3.24. The van der Waals surface area contributed by atoms with E-state index in [2.05, 4.69) is 0 Å². The summed E-state index contributed by atoms with van der Waals surface area (Å²) in [7, 11) is -2.50. The molecule has 110 valence electrons. The van der Waals surface area contributed by atoms with Gasteiger partial charge in [0.2, 0.25) is 15.9 Å². The molecule has 0 saturated carbocycles. The van der Waals surface area contributed by atoms with E-state index in [9.17, 15) is 13.2 Å². The first-order valence-electron chi connectivity index (χ1n) is 6.02. The second kappa shape index (κ2) is 5.59. The van der Waals surface area contributed by atoms with Gasteiger partial charge in [-0.15, -0.1) is 0 Å². The molecule has 1 aliphatic rings. The van der Waals surface area contributed by atoms with Crippen molar-refractivity contribution in [1.29, 1.82) is 0 Å². The zero-order valence-electron chi connectivity index (χ0n) is 10.9. The Morgan fingerprint density at radius 3 is 2.80 bits per heavy atom. The standard InChI is InChI=1S/C12H15ClN2O4S/c1-19-10-5-4-8(13)7-11(10)20(17,18)15-6-2-3-9(15)12(14)16/h4-5,7,9H,2-3,6H2,1H3,(H2,14,16)/t9-/m0/s1. The van der Waals surface area contributed by atoms with Gasteiger partial charge < -0.3 is 10.5 Å². The first-order valence-corrected chi connectivity index (χ1v) is 7.84. The molecule has 1 aliphatic heterocycles. The highest BCUT2D eigenvalue weighted by Gasteiger charge is 2.39. The van der Waals surface area contributed by atoms with Gasteiger partial charge in [0.25, 0.3) is 0 Å². The minimum Gasteiger partial charge on any atom is -0.495 e. The molecule has 0 radical (unpaired) electrons. The SMILES string of the molecule is COc1ccc(Cl)cc1S(=O)(=O)N1CCC[C@H]1C(N)=O. The number of sulfonamides is 1. The van der Waals surface area contributed by atoms with E-state index >= 15 is 0 Å². The van der Waals surface area contributed by atoms with Crippen LogP contribution in [0, 0.1) is 0 Å². The van der Waals surface area contributed by atoms with Gasteiger partial charge in [-0.25, -0.2) is 8.42 Å². The lowest BCUT2D eigenvalue weighted by Gasteiger charge is -2.22. The summed E-state index contributed by atoms with van der Waals surface area (Å²) in [5.74, 6) is -0.461. The summed E-state index contributed by atoms with van der Waals surface area (Å²) in [6, 6.07) is 3.51. The fourth-order valence-corrected chi connectivity index (χ4v) is 4.38. The molecule has 2 rings (SSSR count). The quantitative estimate of drug-likeness (QED) is 0.896. The lowest BCUT2D eigenvalue weighted by molar-refractivity contribution is -0.121. The maximum Gasteiger partial charge on any atom is 0.247 e. The fourth-order valence-electron chi connectivity index (χ4n) is 2.29. The second-order valence-corrected chi connectivity index (χ2v) is 6.77. The Morgan fingerprint density at radius 1 is 1.50 bits per heavy atom. The molecule has 6 nitrogen and oxygen atoms in total. The molecule has 1 saturated heterocycles. The van der Waals surface area contributed by atoms with E-state index in [-0.39, 0.29) is 22.2 Å². The molecule has 1 aromatic carbocycles. The van der Waals surface area contributed by atoms with E-state index < -0.39 is 22.0 Å². The van der Waals surface area contributed by atoms with Crippen LogP contribution in [0.25, 0.3) is 0 Å². The Kier molecular flexibility index (Phi) is 4.22. The predicted octanol–water partition coefficient (Wildman–Crippen LogP) is 0.987. The van der Waals surface area contributed by atoms with Gasteiger partial charge in [-0.05, 0) is 31.0 Å². The van der Waals surface area contributed by atoms with E-state index in [1.54, 1.807) is 0 Å². The Bertz CT molecular complexity index is 632. The van der Waals surface area contributed by atoms with E-state index in [0.29, 0.717) is 12.8 Å². The first-order chi connectivity index (χ1) is 9.37. The maximum atomic E-state index is 12.7. The smallest absolute Gasteiger partial charge is 0.247 e. The van der Waals surface area contributed by atoms with Crippen LogP contribution in [0.4, 0.5) is 0 Å². The number of nitrogens with zero attached hydrogens (tertiary/aromatic N) is 1. The summed E-state index contributed by atoms with van der Waals surface area (Å²) in [5.41, 5.74) is 5.26. The summed E-state index contributed by atoms with van der Waals surface area (Å²) in [6.45, 7) is 0.256. The number of methoxy groups -OCH3 is 1. The van der Waals surface area contributed by atoms with Gasteiger partial charge in [-0.2, -0.15) is 4.31 Å². The van der Waals surface area contributed by atoms with Gasteiger partial charge in [-0.1, -0.05) is 11.6 Å². The molecule has 0 bridgehead atoms. The third kappa shape index (κ3) is 2.61. The second-order valence-electron chi connectivity index (χ2n) is 4.47. The molecule has 1 aromatic rings. The highest BCUT2D eigenvalue weighted by Crippen LogP contribution is 2.33. The number of hydrogen-bond donors (Lipinski definition) is 1. The molecule has 1 atom stereocenters. The number of carbonyl (C=O) groups excluding carboxylic acids is 1. The highest BCUT2D eigenvalue weighted by molar-refractivity contribution is 7.89. The van der Waals surface area contributed by atoms with Crippen molar-refractivity contribution in [1.82, 2.24) is 4.31 Å². The summed E-state index contributed by atoms with van der Waals surface area (Å²) in [6.07, 6.45) is 1.02. The summed E-state index contributed by atoms with van der Waals surface area (Å²) < 4.78 is 31.5. The van der Waals surface area contributed by atoms with Gasteiger partial charge in [0.05, 0.1) is 7.11 Å². The van der Waals surface area contributed by atoms with Crippen LogP contribution in [0.15, 0.2) is 23.1 Å². The van der Waals surface area contributed by atoms with Gasteiger partial charge in [-0.3, -0.25) is 4.79 Å². The average molecular weight is 319 g/mol. The van der Waals surface area contributed by atoms with Gasteiger partial charge in [0.15, 0.2) is 0 Å². The van der Waals surface area contributed by atoms with Gasteiger partial charge >= 0.3 is 0 Å². The fraction of sp³-hybridized carbons (Fsp3) is 0.417. The largest absolute Gasteiger partial charge is 0.495 e. The average Bonchev–Trinajstić information content (AvgIpc) is 2.88. The number of amides is 1. The highest BCUT2D eigenvalue weighted by atomic mass is 35.5. The van der Waals surface area contributed by atoms with Gasteiger partial charge in [0, 0.05) is 11.6 Å². The number of primary amides is 1. The summed E-state index contributed by atoms with van der Waals surface area (Å²) in [5, 5.41) is 0.277. The number of carbonyl (C=O) groups is 1. The minimum atomic E-state index is -3.88. The van der Waals surface area contributed by atoms with Crippen molar-refractivity contribution in [2.45, 2.75) is 23.8 Å². The van der Waals surface area contributed by atoms with Crippen LogP contribution in [0.1, 0.15) is 12.8 Å². The van der Waals surface area contributed by atoms with Crippen LogP contribution in [0.3, 0.4) is 0 Å². The first kappa shape index (κ1) is 15.1. The Hall–Kier alpha value is -1.31. The Morgan fingerprint density at radius 2 is 2.20 bits per heavy atom. The lowest BCUT2D eigenvalue weighted by Crippen LogP contribution is -2.43. The molecular weight excluding hydrogens is 304 g/mol. The third-order valence-corrected chi connectivity index (χ3v) is 5.41. The number of halogens is 1. The molecule has 0 aromatic heterocycles. The molecule has 1 amide bonds. The summed E-state index contributed by atoms with van der Waals surface area (Å²) >= 11 is 5.86. The van der Waals surface area contributed by atoms with Crippen molar-refractivity contribution >= 4 is 27.5 Å². The van der Waals surface area contributed by atoms with Crippen molar-refractivity contribution in [2.24, 2.45) is 5.73 Å². The lowest BCUT2D eigenvalue weighted by atomic mass is 10.2. The Labute approximate surface area is 122 Å². The van der Waals surface area contributed by atoms with E-state index in [1.165, 1.54) is 25.3 Å². The molecule has 8 heteroatoms. The minimum absolute atomic E-state index is 0.0550. The van der Waals surface area contributed by atoms with Crippen molar-refractivity contribution in [3.63, 3.8) is 0 Å². The number of benzene rings is 1. The van der Waals surface area contributed by atoms with Crippen LogP contribution < -0.4 is 10.5 Å². The van der Waals surface area contributed by atoms with Crippen molar-refractivity contribution < 1.29 is 17.9 Å². The van der Waals surface area contributed by atoms with Crippen molar-refractivity contribution in [3.05, 3.63) is 23.2 Å². The maximum absolute atomic E-state index is 12.7. The number of hydrogen-bond acceptors (Lipinski definition) is 4. The number of rotatable bonds is 4. The van der Waals surface area contributed by atoms with Crippen LogP contribution in [-0.2, 0) is 14.8 Å². The van der Waals surface area contributed by atoms with E-state index in [4.69, 9.17) is 22.1 Å². The molecule has 0 aliphatic carbocycles. The monoisotopic (exact) mass is 318 g/mol. The van der Waals surface area contributed by atoms with Crippen molar-refractivity contribution in [2.75, 3.05) is 13.7 Å². The molecule has 0 spiro atoms. The number of ether oxygens (including phenoxy) is 1. The molecule has 1 heterocycles. The van der Waals surface area contributed by atoms with Crippen LogP contribution in [0.5, 0.6) is 5.75 Å². The van der Waals surface area contributed by atoms with Crippen LogP contribution in [-0.4, -0.2) is 38.3 Å². The normalized spacial score (nSPS) is 20.0. The van der Waals surface area contributed by atoms with Crippen molar-refractivity contribution in [3.8, 4) is 5.75 Å². The van der Waals surface area contributed by atoms with E-state index in [1.807, 2.05) is 0 Å². The molecular formula is C12H15ClN2O4S. The zero-order chi connectivity index (χ0) is 14.9. The predicted molar refractivity (Wildman–Crippen MR) is 74.1 cm³/mol. The Balaban J connectivity index is 2.50. The molecule has 0 unspecified atom stereocenters. The van der Waals surface area contributed by atoms with Gasteiger partial charge in [0.1, 0.15) is 16.7 Å².